The fourth-order valence-corrected chi connectivity index (χ4v) is 1.18. The molecule has 0 heterocycles. The predicted octanol–water partition coefficient (Wildman–Crippen LogP) is 2.99. The van der Waals surface area contributed by atoms with Crippen molar-refractivity contribution in [3.8, 4) is 12.0 Å². The van der Waals surface area contributed by atoms with Crippen molar-refractivity contribution < 1.29 is 0 Å². The minimum absolute atomic E-state index is 0.749. The van der Waals surface area contributed by atoms with Crippen molar-refractivity contribution in [2.45, 2.75) is 13.8 Å². The maximum absolute atomic E-state index is 5.77. The van der Waals surface area contributed by atoms with Gasteiger partial charge in [-0.1, -0.05) is 11.6 Å². The summed E-state index contributed by atoms with van der Waals surface area (Å²) in [7, 11) is 0. The summed E-state index contributed by atoms with van der Waals surface area (Å²) < 4.78 is 0. The van der Waals surface area contributed by atoms with E-state index in [9.17, 15) is 0 Å². The van der Waals surface area contributed by atoms with E-state index in [0.717, 1.165) is 23.7 Å². The van der Waals surface area contributed by atoms with Gasteiger partial charge >= 0.3 is 0 Å². The van der Waals surface area contributed by atoms with Gasteiger partial charge in [-0.2, -0.15) is 0 Å². The van der Waals surface area contributed by atoms with Gasteiger partial charge in [0.05, 0.1) is 0 Å². The molecule has 0 N–H and O–H groups in total. The molecular weight excluding hydrogens is 194 g/mol. The van der Waals surface area contributed by atoms with Gasteiger partial charge in [-0.25, -0.2) is 0 Å². The molecule has 0 aromatic heterocycles. The quantitative estimate of drug-likeness (QED) is 0.533. The summed E-state index contributed by atoms with van der Waals surface area (Å²) in [6, 6.07) is 10.7. The van der Waals surface area contributed by atoms with Crippen LogP contribution in [0.1, 0.15) is 19.4 Å². The topological polar surface area (TPSA) is 3.24 Å². The standard InChI is InChI=1S/C12H14ClN/c1-3-14(4-2)10-9-11-5-7-12(13)8-6-11/h5-8H,3-4H2,1-2H3. The van der Waals surface area contributed by atoms with Crippen LogP contribution in [0.25, 0.3) is 0 Å². The molecule has 0 spiro atoms. The van der Waals surface area contributed by atoms with Crippen LogP contribution in [-0.4, -0.2) is 18.0 Å². The Balaban J connectivity index is 2.71. The largest absolute Gasteiger partial charge is 0.333 e. The molecule has 0 aliphatic heterocycles. The van der Waals surface area contributed by atoms with Gasteiger partial charge in [-0.15, -0.1) is 0 Å². The van der Waals surface area contributed by atoms with Gasteiger partial charge in [0.2, 0.25) is 0 Å². The maximum atomic E-state index is 5.77. The highest BCUT2D eigenvalue weighted by Gasteiger charge is 1.90. The van der Waals surface area contributed by atoms with Crippen LogP contribution in [0.15, 0.2) is 24.3 Å². The lowest BCUT2D eigenvalue weighted by Crippen LogP contribution is -2.15. The lowest BCUT2D eigenvalue weighted by molar-refractivity contribution is 0.444. The smallest absolute Gasteiger partial charge is 0.0406 e. The van der Waals surface area contributed by atoms with E-state index in [1.54, 1.807) is 0 Å². The van der Waals surface area contributed by atoms with E-state index in [2.05, 4.69) is 30.7 Å². The second kappa shape index (κ2) is 5.57. The summed E-state index contributed by atoms with van der Waals surface area (Å²) in [5, 5.41) is 0.749. The minimum atomic E-state index is 0.749. The summed E-state index contributed by atoms with van der Waals surface area (Å²) in [6.45, 7) is 6.11. The molecule has 0 saturated heterocycles. The fourth-order valence-electron chi connectivity index (χ4n) is 1.06. The van der Waals surface area contributed by atoms with E-state index in [1.807, 2.05) is 24.3 Å². The Hall–Kier alpha value is -1.13. The third-order valence-electron chi connectivity index (χ3n) is 1.97. The Bertz CT molecular complexity index is 328. The third-order valence-corrected chi connectivity index (χ3v) is 2.22. The van der Waals surface area contributed by atoms with Crippen molar-refractivity contribution in [3.63, 3.8) is 0 Å². The van der Waals surface area contributed by atoms with Crippen molar-refractivity contribution in [3.05, 3.63) is 34.9 Å². The SMILES string of the molecule is CCN(C#Cc1ccc(Cl)cc1)CC. The predicted molar refractivity (Wildman–Crippen MR) is 61.3 cm³/mol. The molecule has 0 atom stereocenters. The van der Waals surface area contributed by atoms with Gasteiger partial charge < -0.3 is 4.90 Å². The average molecular weight is 208 g/mol. The normalized spacial score (nSPS) is 9.07. The van der Waals surface area contributed by atoms with Crippen molar-refractivity contribution in [1.82, 2.24) is 4.90 Å². The average Bonchev–Trinajstić information content (AvgIpc) is 2.22. The lowest BCUT2D eigenvalue weighted by Gasteiger charge is -2.10. The molecule has 74 valence electrons. The second-order valence-electron chi connectivity index (χ2n) is 2.92. The molecule has 2 heteroatoms. The Labute approximate surface area is 90.7 Å². The van der Waals surface area contributed by atoms with E-state index < -0.39 is 0 Å². The summed E-state index contributed by atoms with van der Waals surface area (Å²) in [5.41, 5.74) is 1.00. The summed E-state index contributed by atoms with van der Waals surface area (Å²) in [5.74, 6) is 3.09. The Morgan fingerprint density at radius 3 is 2.21 bits per heavy atom. The first-order valence-electron chi connectivity index (χ1n) is 4.78. The Morgan fingerprint density at radius 2 is 1.71 bits per heavy atom. The van der Waals surface area contributed by atoms with Gasteiger partial charge in [0, 0.05) is 29.7 Å². The summed E-state index contributed by atoms with van der Waals surface area (Å²) >= 11 is 5.77. The zero-order valence-corrected chi connectivity index (χ0v) is 9.30. The van der Waals surface area contributed by atoms with Crippen molar-refractivity contribution in [1.29, 1.82) is 0 Å². The second-order valence-corrected chi connectivity index (χ2v) is 3.35. The van der Waals surface area contributed by atoms with Crippen LogP contribution in [0.4, 0.5) is 0 Å². The lowest BCUT2D eigenvalue weighted by atomic mass is 10.2. The molecule has 1 nitrogen and oxygen atoms in total. The molecule has 0 bridgehead atoms. The number of nitrogens with zero attached hydrogens (tertiary/aromatic N) is 1. The summed E-state index contributed by atoms with van der Waals surface area (Å²) in [4.78, 5) is 2.06. The molecule has 0 unspecified atom stereocenters. The van der Waals surface area contributed by atoms with Crippen molar-refractivity contribution >= 4 is 11.6 Å². The highest BCUT2D eigenvalue weighted by molar-refractivity contribution is 6.30. The van der Waals surface area contributed by atoms with Gasteiger partial charge in [0.15, 0.2) is 0 Å². The summed E-state index contributed by atoms with van der Waals surface area (Å²) in [6.07, 6.45) is 0. The van der Waals surface area contributed by atoms with E-state index in [1.165, 1.54) is 0 Å². The van der Waals surface area contributed by atoms with Crippen molar-refractivity contribution in [2.24, 2.45) is 0 Å². The fraction of sp³-hybridized carbons (Fsp3) is 0.333. The highest BCUT2D eigenvalue weighted by Crippen LogP contribution is 2.08. The maximum Gasteiger partial charge on any atom is 0.0406 e. The zero-order chi connectivity index (χ0) is 10.4. The molecule has 1 aromatic carbocycles. The number of rotatable bonds is 2. The van der Waals surface area contributed by atoms with Gasteiger partial charge in [0.25, 0.3) is 0 Å². The zero-order valence-electron chi connectivity index (χ0n) is 8.55. The molecule has 0 aliphatic rings. The first-order chi connectivity index (χ1) is 6.76. The van der Waals surface area contributed by atoms with Crippen LogP contribution >= 0.6 is 11.6 Å². The molecule has 0 fully saturated rings. The Kier molecular flexibility index (Phi) is 4.35. The first-order valence-corrected chi connectivity index (χ1v) is 5.16. The molecule has 0 aliphatic carbocycles. The number of hydrogen-bond acceptors (Lipinski definition) is 1. The van der Waals surface area contributed by atoms with E-state index >= 15 is 0 Å². The molecule has 1 aromatic rings. The van der Waals surface area contributed by atoms with Crippen LogP contribution in [0, 0.1) is 12.0 Å². The number of benzene rings is 1. The van der Waals surface area contributed by atoms with Gasteiger partial charge in [-0.05, 0) is 44.0 Å². The van der Waals surface area contributed by atoms with Gasteiger partial charge in [0.1, 0.15) is 0 Å². The van der Waals surface area contributed by atoms with Crippen LogP contribution in [0.2, 0.25) is 5.02 Å². The monoisotopic (exact) mass is 207 g/mol. The van der Waals surface area contributed by atoms with Crippen LogP contribution in [0.3, 0.4) is 0 Å². The Morgan fingerprint density at radius 1 is 1.14 bits per heavy atom. The minimum Gasteiger partial charge on any atom is -0.333 e. The molecule has 1 rings (SSSR count). The molecule has 0 saturated carbocycles. The molecule has 0 amide bonds. The molecular formula is C12H14ClN. The first kappa shape index (κ1) is 10.9. The van der Waals surface area contributed by atoms with E-state index in [-0.39, 0.29) is 0 Å². The molecule has 14 heavy (non-hydrogen) atoms. The van der Waals surface area contributed by atoms with Crippen LogP contribution < -0.4 is 0 Å². The number of halogens is 1. The van der Waals surface area contributed by atoms with E-state index in [0.29, 0.717) is 0 Å². The third kappa shape index (κ3) is 3.32. The highest BCUT2D eigenvalue weighted by atomic mass is 35.5. The number of hydrogen-bond donors (Lipinski definition) is 0. The van der Waals surface area contributed by atoms with Crippen molar-refractivity contribution in [2.75, 3.05) is 13.1 Å². The molecule has 0 radical (unpaired) electrons. The van der Waals surface area contributed by atoms with Crippen LogP contribution in [0.5, 0.6) is 0 Å². The van der Waals surface area contributed by atoms with Crippen LogP contribution in [-0.2, 0) is 0 Å². The van der Waals surface area contributed by atoms with Gasteiger partial charge in [-0.3, -0.25) is 0 Å². The van der Waals surface area contributed by atoms with E-state index in [4.69, 9.17) is 11.6 Å².